The van der Waals surface area contributed by atoms with E-state index in [9.17, 15) is 9.90 Å². The van der Waals surface area contributed by atoms with Gasteiger partial charge in [0.15, 0.2) is 23.2 Å². The van der Waals surface area contributed by atoms with Crippen molar-refractivity contribution in [3.63, 3.8) is 0 Å². The lowest BCUT2D eigenvalue weighted by molar-refractivity contribution is -0.0803. The van der Waals surface area contributed by atoms with Gasteiger partial charge in [0.25, 0.3) is 0 Å². The van der Waals surface area contributed by atoms with E-state index in [1.54, 1.807) is 24.3 Å². The number of carbonyl (C=O) groups excluding carboxylic acids is 1. The number of ketones is 1. The smallest absolute Gasteiger partial charge is 0.206 e. The minimum absolute atomic E-state index is 0.00185. The summed E-state index contributed by atoms with van der Waals surface area (Å²) in [5, 5.41) is 11.7. The van der Waals surface area contributed by atoms with Crippen molar-refractivity contribution in [1.82, 2.24) is 0 Å². The molecular formula is C23H22O7. The molecule has 3 aliphatic heterocycles. The highest BCUT2D eigenvalue weighted by atomic mass is 16.6. The zero-order valence-electron chi connectivity index (χ0n) is 17.1. The molecule has 30 heavy (non-hydrogen) atoms. The number of fused-ring (bicyclic) bond motifs is 8. The SMILES string of the molecule is COc1cc2c(cc1OC)[C@]1(O)C(=O)c3ccc4c(c3O[C@H]1CO2)[C@H]1[C@@H](O4)C1(C)C. The van der Waals surface area contributed by atoms with E-state index in [1.807, 2.05) is 0 Å². The van der Waals surface area contributed by atoms with Gasteiger partial charge in [0, 0.05) is 28.5 Å². The van der Waals surface area contributed by atoms with Crippen molar-refractivity contribution in [2.24, 2.45) is 5.41 Å². The molecule has 2 aromatic rings. The van der Waals surface area contributed by atoms with Crippen molar-refractivity contribution >= 4 is 5.78 Å². The van der Waals surface area contributed by atoms with Crippen LogP contribution in [0.5, 0.6) is 28.7 Å². The van der Waals surface area contributed by atoms with Crippen LogP contribution >= 0.6 is 0 Å². The van der Waals surface area contributed by atoms with Crippen molar-refractivity contribution in [2.45, 2.75) is 37.6 Å². The van der Waals surface area contributed by atoms with Crippen LogP contribution in [0.1, 0.15) is 41.3 Å². The maximum Gasteiger partial charge on any atom is 0.206 e. The van der Waals surface area contributed by atoms with Crippen LogP contribution in [0, 0.1) is 5.41 Å². The van der Waals surface area contributed by atoms with Gasteiger partial charge in [0.05, 0.1) is 19.8 Å². The molecule has 0 saturated heterocycles. The molecule has 7 heteroatoms. The number of Topliss-reactive ketones (excluding diaryl/α,β-unsaturated/α-hetero) is 1. The third-order valence-corrected chi connectivity index (χ3v) is 7.05. The van der Waals surface area contributed by atoms with E-state index in [-0.39, 0.29) is 24.0 Å². The fourth-order valence-corrected chi connectivity index (χ4v) is 5.23. The summed E-state index contributed by atoms with van der Waals surface area (Å²) in [4.78, 5) is 13.7. The Balaban J connectivity index is 1.51. The summed E-state index contributed by atoms with van der Waals surface area (Å²) >= 11 is 0. The van der Waals surface area contributed by atoms with Crippen molar-refractivity contribution in [1.29, 1.82) is 0 Å². The normalized spacial score (nSPS) is 31.0. The lowest BCUT2D eigenvalue weighted by Crippen LogP contribution is -2.57. The van der Waals surface area contributed by atoms with Crippen LogP contribution in [-0.4, -0.2) is 43.9 Å². The van der Waals surface area contributed by atoms with Crippen molar-refractivity contribution in [3.05, 3.63) is 41.0 Å². The zero-order chi connectivity index (χ0) is 21.0. The number of rotatable bonds is 2. The van der Waals surface area contributed by atoms with E-state index in [4.69, 9.17) is 23.7 Å². The molecule has 6 rings (SSSR count). The summed E-state index contributed by atoms with van der Waals surface area (Å²) in [6, 6.07) is 6.69. The molecule has 0 unspecified atom stereocenters. The second kappa shape index (κ2) is 5.40. The number of methoxy groups -OCH3 is 2. The Morgan fingerprint density at radius 3 is 2.53 bits per heavy atom. The monoisotopic (exact) mass is 410 g/mol. The number of benzene rings is 2. The van der Waals surface area contributed by atoms with E-state index in [0.29, 0.717) is 34.1 Å². The second-order valence-electron chi connectivity index (χ2n) is 8.91. The molecule has 7 nitrogen and oxygen atoms in total. The van der Waals surface area contributed by atoms with Gasteiger partial charge in [-0.2, -0.15) is 0 Å². The van der Waals surface area contributed by atoms with Gasteiger partial charge in [-0.3, -0.25) is 4.79 Å². The molecule has 1 fully saturated rings. The topological polar surface area (TPSA) is 83.5 Å². The summed E-state index contributed by atoms with van der Waals surface area (Å²) in [5.41, 5.74) is -0.278. The number of hydrogen-bond donors (Lipinski definition) is 1. The standard InChI is InChI=1S/C23H22O7/c1-22(2)18-17-12(29-21(18)22)6-5-10-19(17)30-16-9-28-13-8-15(27-4)14(26-3)7-11(13)23(16,25)20(10)24/h5-8,16,18,21,25H,9H2,1-4H3/t16-,18-,21+,23+/m0/s1. The van der Waals surface area contributed by atoms with Crippen LogP contribution in [-0.2, 0) is 5.60 Å². The Morgan fingerprint density at radius 2 is 1.80 bits per heavy atom. The molecular weight excluding hydrogens is 388 g/mol. The molecule has 1 saturated carbocycles. The Morgan fingerprint density at radius 1 is 1.07 bits per heavy atom. The van der Waals surface area contributed by atoms with Crippen LogP contribution in [0.25, 0.3) is 0 Å². The van der Waals surface area contributed by atoms with Crippen molar-refractivity contribution in [3.8, 4) is 28.7 Å². The molecule has 1 aliphatic carbocycles. The molecule has 0 bridgehead atoms. The Kier molecular flexibility index (Phi) is 3.22. The van der Waals surface area contributed by atoms with Crippen molar-refractivity contribution < 1.29 is 33.6 Å². The minimum Gasteiger partial charge on any atom is -0.493 e. The molecule has 4 atom stereocenters. The Labute approximate surface area is 173 Å². The molecule has 1 N–H and O–H groups in total. The zero-order valence-corrected chi connectivity index (χ0v) is 17.1. The molecule has 0 spiro atoms. The van der Waals surface area contributed by atoms with Gasteiger partial charge in [-0.1, -0.05) is 13.8 Å². The summed E-state index contributed by atoms with van der Waals surface area (Å²) in [5.74, 6) is 2.28. The van der Waals surface area contributed by atoms with Gasteiger partial charge in [-0.05, 0) is 18.2 Å². The average Bonchev–Trinajstić information content (AvgIpc) is 3.08. The highest BCUT2D eigenvalue weighted by molar-refractivity contribution is 6.08. The molecule has 4 aliphatic rings. The number of aliphatic hydroxyl groups is 1. The van der Waals surface area contributed by atoms with Gasteiger partial charge in [0.2, 0.25) is 5.78 Å². The van der Waals surface area contributed by atoms with E-state index >= 15 is 0 Å². The minimum atomic E-state index is -1.88. The van der Waals surface area contributed by atoms with E-state index < -0.39 is 17.5 Å². The third kappa shape index (κ3) is 1.92. The fourth-order valence-electron chi connectivity index (χ4n) is 5.23. The highest BCUT2D eigenvalue weighted by Gasteiger charge is 2.67. The first-order valence-electron chi connectivity index (χ1n) is 9.99. The van der Waals surface area contributed by atoms with Crippen LogP contribution in [0.2, 0.25) is 0 Å². The van der Waals surface area contributed by atoms with Crippen LogP contribution in [0.4, 0.5) is 0 Å². The molecule has 0 amide bonds. The van der Waals surface area contributed by atoms with Crippen LogP contribution in [0.15, 0.2) is 24.3 Å². The lowest BCUT2D eigenvalue weighted by atomic mass is 9.76. The average molecular weight is 410 g/mol. The predicted octanol–water partition coefficient (Wildman–Crippen LogP) is 2.81. The van der Waals surface area contributed by atoms with Crippen LogP contribution < -0.4 is 23.7 Å². The maximum absolute atomic E-state index is 13.7. The number of hydrogen-bond acceptors (Lipinski definition) is 7. The predicted molar refractivity (Wildman–Crippen MR) is 105 cm³/mol. The first kappa shape index (κ1) is 17.9. The first-order valence-corrected chi connectivity index (χ1v) is 9.99. The van der Waals surface area contributed by atoms with E-state index in [1.165, 1.54) is 14.2 Å². The Hall–Kier alpha value is -2.93. The summed E-state index contributed by atoms with van der Waals surface area (Å²) < 4.78 is 28.9. The molecule has 0 radical (unpaired) electrons. The maximum atomic E-state index is 13.7. The van der Waals surface area contributed by atoms with E-state index in [0.717, 1.165) is 11.3 Å². The number of ether oxygens (including phenoxy) is 5. The van der Waals surface area contributed by atoms with E-state index in [2.05, 4.69) is 13.8 Å². The van der Waals surface area contributed by atoms with Gasteiger partial charge >= 0.3 is 0 Å². The fraction of sp³-hybridized carbons (Fsp3) is 0.435. The summed E-state index contributed by atoms with van der Waals surface area (Å²) in [6.45, 7) is 4.32. The number of carbonyl (C=O) groups is 1. The summed E-state index contributed by atoms with van der Waals surface area (Å²) in [7, 11) is 3.02. The highest BCUT2D eigenvalue weighted by Crippen LogP contribution is 2.69. The lowest BCUT2D eigenvalue weighted by Gasteiger charge is -2.43. The molecule has 0 aromatic heterocycles. The molecule has 2 aromatic carbocycles. The molecule has 3 heterocycles. The van der Waals surface area contributed by atoms with Crippen molar-refractivity contribution in [2.75, 3.05) is 20.8 Å². The van der Waals surface area contributed by atoms with Crippen LogP contribution in [0.3, 0.4) is 0 Å². The van der Waals surface area contributed by atoms with Gasteiger partial charge in [-0.25, -0.2) is 0 Å². The Bertz CT molecular complexity index is 1120. The quantitative estimate of drug-likeness (QED) is 0.815. The second-order valence-corrected chi connectivity index (χ2v) is 8.91. The third-order valence-electron chi connectivity index (χ3n) is 7.05. The largest absolute Gasteiger partial charge is 0.493 e. The van der Waals surface area contributed by atoms with Gasteiger partial charge in [0.1, 0.15) is 30.0 Å². The van der Waals surface area contributed by atoms with Gasteiger partial charge in [-0.15, -0.1) is 0 Å². The molecule has 156 valence electrons. The summed E-state index contributed by atoms with van der Waals surface area (Å²) in [6.07, 6.45) is -0.783. The van der Waals surface area contributed by atoms with Gasteiger partial charge < -0.3 is 28.8 Å². The first-order chi connectivity index (χ1) is 14.3.